The van der Waals surface area contributed by atoms with E-state index in [1.165, 1.54) is 4.90 Å². The zero-order valence-corrected chi connectivity index (χ0v) is 12.8. The Balaban J connectivity index is 2.19. The van der Waals surface area contributed by atoms with Crippen molar-refractivity contribution >= 4 is 17.8 Å². The molecule has 0 bridgehead atoms. The predicted octanol–water partition coefficient (Wildman–Crippen LogP) is 0.372. The summed E-state index contributed by atoms with van der Waals surface area (Å²) in [6.45, 7) is 8.26. The largest absolute Gasteiger partial charge is 0.406 e. The molecule has 2 amide bonds. The van der Waals surface area contributed by atoms with Crippen LogP contribution in [0.4, 0.5) is 6.01 Å². The van der Waals surface area contributed by atoms with E-state index in [2.05, 4.69) is 27.8 Å². The molecule has 1 aliphatic rings. The number of piperazine rings is 1. The third-order valence-corrected chi connectivity index (χ3v) is 3.52. The predicted molar refractivity (Wildman–Crippen MR) is 75.6 cm³/mol. The summed E-state index contributed by atoms with van der Waals surface area (Å²) in [6, 6.07) is 0.104. The summed E-state index contributed by atoms with van der Waals surface area (Å²) in [5, 5.41) is 13.5. The van der Waals surface area contributed by atoms with Gasteiger partial charge in [-0.05, 0) is 33.7 Å². The zero-order valence-electron chi connectivity index (χ0n) is 12.8. The SMILES string of the molecule is CCCNC(C)c1nnc(N2CC(=O)NC(=O)C2(C)C)o1. The topological polar surface area (TPSA) is 100 Å². The van der Waals surface area contributed by atoms with Gasteiger partial charge in [0, 0.05) is 0 Å². The third kappa shape index (κ3) is 3.05. The third-order valence-electron chi connectivity index (χ3n) is 3.52. The van der Waals surface area contributed by atoms with Gasteiger partial charge in [0.2, 0.25) is 11.8 Å². The Labute approximate surface area is 123 Å². The second-order valence-corrected chi connectivity index (χ2v) is 5.62. The number of anilines is 1. The van der Waals surface area contributed by atoms with E-state index in [1.54, 1.807) is 13.8 Å². The molecule has 21 heavy (non-hydrogen) atoms. The number of carbonyl (C=O) groups is 2. The van der Waals surface area contributed by atoms with Crippen LogP contribution in [-0.4, -0.2) is 40.6 Å². The van der Waals surface area contributed by atoms with Crippen LogP contribution in [0.3, 0.4) is 0 Å². The van der Waals surface area contributed by atoms with Crippen molar-refractivity contribution in [3.05, 3.63) is 5.89 Å². The van der Waals surface area contributed by atoms with Crippen molar-refractivity contribution in [2.24, 2.45) is 0 Å². The number of carbonyl (C=O) groups excluding carboxylic acids is 2. The van der Waals surface area contributed by atoms with Crippen LogP contribution in [0.15, 0.2) is 4.42 Å². The van der Waals surface area contributed by atoms with E-state index in [-0.39, 0.29) is 30.4 Å². The summed E-state index contributed by atoms with van der Waals surface area (Å²) in [5.74, 6) is -0.320. The molecule has 1 aromatic heterocycles. The number of imide groups is 1. The number of amides is 2. The summed E-state index contributed by atoms with van der Waals surface area (Å²) < 4.78 is 5.62. The number of nitrogens with zero attached hydrogens (tertiary/aromatic N) is 3. The highest BCUT2D eigenvalue weighted by atomic mass is 16.4. The molecule has 1 atom stereocenters. The van der Waals surface area contributed by atoms with Gasteiger partial charge in [0.1, 0.15) is 12.1 Å². The molecule has 116 valence electrons. The average molecular weight is 295 g/mol. The quantitative estimate of drug-likeness (QED) is 0.757. The fourth-order valence-corrected chi connectivity index (χ4v) is 2.05. The Morgan fingerprint density at radius 3 is 2.81 bits per heavy atom. The second kappa shape index (κ2) is 5.80. The summed E-state index contributed by atoms with van der Waals surface area (Å²) in [6.07, 6.45) is 0.999. The van der Waals surface area contributed by atoms with Crippen LogP contribution in [-0.2, 0) is 9.59 Å². The van der Waals surface area contributed by atoms with E-state index in [0.717, 1.165) is 13.0 Å². The highest BCUT2D eigenvalue weighted by Gasteiger charge is 2.43. The summed E-state index contributed by atoms with van der Waals surface area (Å²) in [5.41, 5.74) is -0.919. The Bertz CT molecular complexity index is 540. The Kier molecular flexibility index (Phi) is 4.26. The monoisotopic (exact) mass is 295 g/mol. The first kappa shape index (κ1) is 15.4. The molecule has 1 aliphatic heterocycles. The molecule has 0 aromatic carbocycles. The number of aromatic nitrogens is 2. The summed E-state index contributed by atoms with van der Waals surface area (Å²) in [4.78, 5) is 25.0. The fourth-order valence-electron chi connectivity index (χ4n) is 2.05. The fraction of sp³-hybridized carbons (Fsp3) is 0.692. The molecular weight excluding hydrogens is 274 g/mol. The van der Waals surface area contributed by atoms with Gasteiger partial charge in [0.25, 0.3) is 5.91 Å². The van der Waals surface area contributed by atoms with Crippen molar-refractivity contribution in [2.45, 2.75) is 45.7 Å². The van der Waals surface area contributed by atoms with Crippen LogP contribution < -0.4 is 15.5 Å². The smallest absolute Gasteiger partial charge is 0.319 e. The van der Waals surface area contributed by atoms with Gasteiger partial charge >= 0.3 is 6.01 Å². The van der Waals surface area contributed by atoms with Crippen LogP contribution in [0.5, 0.6) is 0 Å². The molecule has 8 nitrogen and oxygen atoms in total. The van der Waals surface area contributed by atoms with E-state index in [9.17, 15) is 9.59 Å². The minimum Gasteiger partial charge on any atom is -0.406 e. The highest BCUT2D eigenvalue weighted by Crippen LogP contribution is 2.26. The van der Waals surface area contributed by atoms with E-state index < -0.39 is 5.54 Å². The molecular formula is C13H21N5O3. The van der Waals surface area contributed by atoms with Crippen LogP contribution in [0.2, 0.25) is 0 Å². The number of nitrogens with one attached hydrogen (secondary N) is 2. The van der Waals surface area contributed by atoms with Crippen molar-refractivity contribution in [1.82, 2.24) is 20.8 Å². The summed E-state index contributed by atoms with van der Waals surface area (Å²) >= 11 is 0. The molecule has 1 aromatic rings. The van der Waals surface area contributed by atoms with Crippen molar-refractivity contribution in [1.29, 1.82) is 0 Å². The lowest BCUT2D eigenvalue weighted by Crippen LogP contribution is -2.64. The lowest BCUT2D eigenvalue weighted by atomic mass is 9.99. The molecule has 0 aliphatic carbocycles. The summed E-state index contributed by atoms with van der Waals surface area (Å²) in [7, 11) is 0. The van der Waals surface area contributed by atoms with Crippen LogP contribution in [0.25, 0.3) is 0 Å². The molecule has 1 saturated heterocycles. The lowest BCUT2D eigenvalue weighted by Gasteiger charge is -2.38. The van der Waals surface area contributed by atoms with E-state index >= 15 is 0 Å². The van der Waals surface area contributed by atoms with Gasteiger partial charge in [-0.15, -0.1) is 5.10 Å². The van der Waals surface area contributed by atoms with E-state index in [1.807, 2.05) is 6.92 Å². The Morgan fingerprint density at radius 1 is 1.43 bits per heavy atom. The highest BCUT2D eigenvalue weighted by molar-refractivity contribution is 6.06. The minimum atomic E-state index is -0.919. The molecule has 2 heterocycles. The maximum Gasteiger partial charge on any atom is 0.319 e. The molecule has 0 spiro atoms. The molecule has 0 radical (unpaired) electrons. The van der Waals surface area contributed by atoms with Gasteiger partial charge < -0.3 is 14.6 Å². The number of hydrogen-bond donors (Lipinski definition) is 2. The molecule has 2 N–H and O–H groups in total. The van der Waals surface area contributed by atoms with Crippen molar-refractivity contribution in [2.75, 3.05) is 18.0 Å². The average Bonchev–Trinajstić information content (AvgIpc) is 2.90. The minimum absolute atomic E-state index is 0.0111. The zero-order chi connectivity index (χ0) is 15.6. The van der Waals surface area contributed by atoms with Gasteiger partial charge in [0.15, 0.2) is 0 Å². The van der Waals surface area contributed by atoms with E-state index in [0.29, 0.717) is 5.89 Å². The number of hydrogen-bond acceptors (Lipinski definition) is 7. The first-order valence-electron chi connectivity index (χ1n) is 7.05. The van der Waals surface area contributed by atoms with Gasteiger partial charge in [-0.2, -0.15) is 0 Å². The number of rotatable bonds is 5. The first-order chi connectivity index (χ1) is 9.86. The second-order valence-electron chi connectivity index (χ2n) is 5.62. The van der Waals surface area contributed by atoms with Crippen molar-refractivity contribution in [3.63, 3.8) is 0 Å². The normalized spacial score (nSPS) is 19.5. The lowest BCUT2D eigenvalue weighted by molar-refractivity contribution is -0.135. The van der Waals surface area contributed by atoms with Gasteiger partial charge in [-0.25, -0.2) is 0 Å². The Morgan fingerprint density at radius 2 is 2.14 bits per heavy atom. The maximum atomic E-state index is 11.9. The van der Waals surface area contributed by atoms with Crippen LogP contribution in [0.1, 0.15) is 46.0 Å². The standard InChI is InChI=1S/C13H21N5O3/c1-5-6-14-8(2)10-16-17-12(21-10)18-7-9(19)15-11(20)13(18,3)4/h8,14H,5-7H2,1-4H3,(H,15,19,20). The molecule has 1 unspecified atom stereocenters. The molecule has 0 saturated carbocycles. The van der Waals surface area contributed by atoms with Gasteiger partial charge in [-0.3, -0.25) is 14.9 Å². The van der Waals surface area contributed by atoms with Crippen molar-refractivity contribution in [3.8, 4) is 0 Å². The Hall–Kier alpha value is -1.96. The van der Waals surface area contributed by atoms with Crippen LogP contribution >= 0.6 is 0 Å². The van der Waals surface area contributed by atoms with Gasteiger partial charge in [-0.1, -0.05) is 12.0 Å². The molecule has 2 rings (SSSR count). The molecule has 1 fully saturated rings. The van der Waals surface area contributed by atoms with Crippen molar-refractivity contribution < 1.29 is 14.0 Å². The van der Waals surface area contributed by atoms with Gasteiger partial charge in [0.05, 0.1) is 6.04 Å². The molecule has 8 heteroatoms. The van der Waals surface area contributed by atoms with Crippen LogP contribution in [0, 0.1) is 0 Å². The maximum absolute atomic E-state index is 11.9. The van der Waals surface area contributed by atoms with E-state index in [4.69, 9.17) is 4.42 Å². The first-order valence-corrected chi connectivity index (χ1v) is 7.05.